The Balaban J connectivity index is 2.05. The Morgan fingerprint density at radius 3 is 2.31 bits per heavy atom. The highest BCUT2D eigenvalue weighted by Gasteiger charge is 2.25. The van der Waals surface area contributed by atoms with Crippen LogP contribution >= 0.6 is 0 Å². The molecule has 1 saturated carbocycles. The molecule has 1 atom stereocenters. The van der Waals surface area contributed by atoms with Gasteiger partial charge in [-0.15, -0.1) is 0 Å². The van der Waals surface area contributed by atoms with Crippen LogP contribution in [0.4, 0.5) is 5.69 Å². The van der Waals surface area contributed by atoms with Crippen LogP contribution in [0.1, 0.15) is 30.9 Å². The van der Waals surface area contributed by atoms with Gasteiger partial charge in [-0.1, -0.05) is 25.0 Å². The van der Waals surface area contributed by atoms with Crippen LogP contribution in [0.15, 0.2) is 24.3 Å². The predicted molar refractivity (Wildman–Crippen MR) is 69.9 cm³/mol. The third-order valence-electron chi connectivity index (χ3n) is 3.43. The lowest BCUT2D eigenvalue weighted by atomic mass is 10.0. The van der Waals surface area contributed by atoms with Gasteiger partial charge in [0.05, 0.1) is 0 Å². The molecule has 2 heteroatoms. The van der Waals surface area contributed by atoms with Crippen LogP contribution in [0.25, 0.3) is 0 Å². The molecule has 1 aliphatic carbocycles. The van der Waals surface area contributed by atoms with Crippen LogP contribution in [0.3, 0.4) is 0 Å². The first kappa shape index (κ1) is 11.5. The Bertz CT molecular complexity index is 325. The summed E-state index contributed by atoms with van der Waals surface area (Å²) < 4.78 is 0. The first-order chi connectivity index (χ1) is 7.70. The summed E-state index contributed by atoms with van der Waals surface area (Å²) in [5.41, 5.74) is 2.69. The van der Waals surface area contributed by atoms with Crippen LogP contribution in [-0.2, 0) is 0 Å². The summed E-state index contributed by atoms with van der Waals surface area (Å²) in [6.45, 7) is 0. The minimum atomic E-state index is 0.531. The fourth-order valence-electron chi connectivity index (χ4n) is 2.11. The van der Waals surface area contributed by atoms with Gasteiger partial charge in [0.2, 0.25) is 0 Å². The van der Waals surface area contributed by atoms with Crippen molar-refractivity contribution in [3.8, 4) is 0 Å². The second kappa shape index (κ2) is 4.88. The van der Waals surface area contributed by atoms with Gasteiger partial charge in [-0.25, -0.2) is 0 Å². The Hall–Kier alpha value is -1.02. The average molecular weight is 218 g/mol. The van der Waals surface area contributed by atoms with Crippen molar-refractivity contribution in [2.75, 3.05) is 26.0 Å². The highest BCUT2D eigenvalue weighted by atomic mass is 15.1. The van der Waals surface area contributed by atoms with Crippen LogP contribution in [-0.4, -0.2) is 21.1 Å². The molecule has 0 bridgehead atoms. The minimum absolute atomic E-state index is 0.531. The molecule has 1 aromatic rings. The number of hydrogen-bond acceptors (Lipinski definition) is 2. The Morgan fingerprint density at radius 1 is 1.25 bits per heavy atom. The van der Waals surface area contributed by atoms with Gasteiger partial charge in [-0.2, -0.15) is 0 Å². The number of nitrogens with one attached hydrogen (secondary N) is 1. The van der Waals surface area contributed by atoms with E-state index in [4.69, 9.17) is 0 Å². The van der Waals surface area contributed by atoms with Gasteiger partial charge in [-0.05, 0) is 37.1 Å². The smallest absolute Gasteiger partial charge is 0.0361 e. The maximum absolute atomic E-state index is 3.42. The van der Waals surface area contributed by atoms with E-state index in [9.17, 15) is 0 Å². The maximum atomic E-state index is 3.42. The van der Waals surface area contributed by atoms with E-state index in [2.05, 4.69) is 55.6 Å². The van der Waals surface area contributed by atoms with E-state index in [1.165, 1.54) is 30.5 Å². The lowest BCUT2D eigenvalue weighted by Crippen LogP contribution is -2.17. The molecule has 1 N–H and O–H groups in total. The van der Waals surface area contributed by atoms with Gasteiger partial charge < -0.3 is 10.2 Å². The molecule has 0 amide bonds. The Kier molecular flexibility index (Phi) is 3.49. The molecule has 2 rings (SSSR count). The quantitative estimate of drug-likeness (QED) is 0.817. The zero-order valence-electron chi connectivity index (χ0n) is 10.5. The number of hydrogen-bond donors (Lipinski definition) is 1. The Morgan fingerprint density at radius 2 is 1.88 bits per heavy atom. The van der Waals surface area contributed by atoms with E-state index in [0.29, 0.717) is 6.04 Å². The second-order valence-corrected chi connectivity index (χ2v) is 5.01. The van der Waals surface area contributed by atoms with Gasteiger partial charge in [0.15, 0.2) is 0 Å². The zero-order valence-corrected chi connectivity index (χ0v) is 10.5. The van der Waals surface area contributed by atoms with Gasteiger partial charge >= 0.3 is 0 Å². The maximum Gasteiger partial charge on any atom is 0.0361 e. The number of benzene rings is 1. The number of nitrogens with zero attached hydrogens (tertiary/aromatic N) is 1. The highest BCUT2D eigenvalue weighted by Crippen LogP contribution is 2.37. The van der Waals surface area contributed by atoms with Gasteiger partial charge in [0, 0.05) is 25.8 Å². The van der Waals surface area contributed by atoms with Crippen molar-refractivity contribution in [2.24, 2.45) is 5.92 Å². The predicted octanol–water partition coefficient (Wildman–Crippen LogP) is 2.81. The standard InChI is InChI=1S/C14H22N2/c1-15-14(10-11-4-5-11)12-6-8-13(9-7-12)16(2)3/h6-9,11,14-15H,4-5,10H2,1-3H3. The Labute approximate surface area is 98.7 Å². The molecule has 88 valence electrons. The molecule has 1 aliphatic rings. The van der Waals surface area contributed by atoms with E-state index >= 15 is 0 Å². The molecule has 1 unspecified atom stereocenters. The summed E-state index contributed by atoms with van der Waals surface area (Å²) in [5, 5.41) is 3.42. The highest BCUT2D eigenvalue weighted by molar-refractivity contribution is 5.46. The first-order valence-corrected chi connectivity index (χ1v) is 6.15. The monoisotopic (exact) mass is 218 g/mol. The SMILES string of the molecule is CNC(CC1CC1)c1ccc(N(C)C)cc1. The molecule has 0 spiro atoms. The third-order valence-corrected chi connectivity index (χ3v) is 3.43. The van der Waals surface area contributed by atoms with Gasteiger partial charge in [-0.3, -0.25) is 0 Å². The summed E-state index contributed by atoms with van der Waals surface area (Å²) in [6.07, 6.45) is 4.14. The summed E-state index contributed by atoms with van der Waals surface area (Å²) in [6, 6.07) is 9.43. The summed E-state index contributed by atoms with van der Waals surface area (Å²) in [7, 11) is 6.22. The molecule has 0 heterocycles. The molecular weight excluding hydrogens is 196 g/mol. The fourth-order valence-corrected chi connectivity index (χ4v) is 2.11. The van der Waals surface area contributed by atoms with Crippen molar-refractivity contribution in [1.82, 2.24) is 5.32 Å². The molecular formula is C14H22N2. The fraction of sp³-hybridized carbons (Fsp3) is 0.571. The summed E-state index contributed by atoms with van der Waals surface area (Å²) in [5.74, 6) is 0.964. The molecule has 1 fully saturated rings. The lowest BCUT2D eigenvalue weighted by Gasteiger charge is -2.18. The molecule has 1 aromatic carbocycles. The van der Waals surface area contributed by atoms with E-state index in [1.54, 1.807) is 0 Å². The molecule has 2 nitrogen and oxygen atoms in total. The molecule has 0 saturated heterocycles. The van der Waals surface area contributed by atoms with Crippen LogP contribution in [0.5, 0.6) is 0 Å². The topological polar surface area (TPSA) is 15.3 Å². The second-order valence-electron chi connectivity index (χ2n) is 5.01. The van der Waals surface area contributed by atoms with Crippen molar-refractivity contribution in [3.63, 3.8) is 0 Å². The van der Waals surface area contributed by atoms with Gasteiger partial charge in [0.25, 0.3) is 0 Å². The molecule has 0 aromatic heterocycles. The van der Waals surface area contributed by atoms with Crippen molar-refractivity contribution in [2.45, 2.75) is 25.3 Å². The normalized spacial score (nSPS) is 17.2. The molecule has 0 radical (unpaired) electrons. The van der Waals surface area contributed by atoms with Crippen LogP contribution < -0.4 is 10.2 Å². The van der Waals surface area contributed by atoms with Crippen LogP contribution in [0, 0.1) is 5.92 Å². The van der Waals surface area contributed by atoms with Crippen LogP contribution in [0.2, 0.25) is 0 Å². The molecule has 16 heavy (non-hydrogen) atoms. The van der Waals surface area contributed by atoms with E-state index < -0.39 is 0 Å². The van der Waals surface area contributed by atoms with E-state index in [1.807, 2.05) is 0 Å². The minimum Gasteiger partial charge on any atom is -0.378 e. The van der Waals surface area contributed by atoms with Crippen molar-refractivity contribution < 1.29 is 0 Å². The zero-order chi connectivity index (χ0) is 11.5. The van der Waals surface area contributed by atoms with E-state index in [-0.39, 0.29) is 0 Å². The first-order valence-electron chi connectivity index (χ1n) is 6.15. The van der Waals surface area contributed by atoms with Crippen molar-refractivity contribution >= 4 is 5.69 Å². The van der Waals surface area contributed by atoms with Gasteiger partial charge in [0.1, 0.15) is 0 Å². The number of anilines is 1. The third kappa shape index (κ3) is 2.76. The number of rotatable bonds is 5. The summed E-state index contributed by atoms with van der Waals surface area (Å²) >= 11 is 0. The largest absolute Gasteiger partial charge is 0.378 e. The average Bonchev–Trinajstić information content (AvgIpc) is 3.10. The molecule has 0 aliphatic heterocycles. The van der Waals surface area contributed by atoms with E-state index in [0.717, 1.165) is 5.92 Å². The summed E-state index contributed by atoms with van der Waals surface area (Å²) in [4.78, 5) is 2.14. The lowest BCUT2D eigenvalue weighted by molar-refractivity contribution is 0.514. The van der Waals surface area contributed by atoms with Crippen molar-refractivity contribution in [1.29, 1.82) is 0 Å². The van der Waals surface area contributed by atoms with Crippen molar-refractivity contribution in [3.05, 3.63) is 29.8 Å².